The molecule has 1 N–H and O–H groups in total. The molecular formula is C24H19ClN2O8. The lowest BCUT2D eigenvalue weighted by molar-refractivity contribution is -0.384. The maximum absolute atomic E-state index is 12.7. The molecule has 1 amide bonds. The molecule has 35 heavy (non-hydrogen) atoms. The molecule has 0 aromatic heterocycles. The van der Waals surface area contributed by atoms with E-state index in [4.69, 9.17) is 25.8 Å². The van der Waals surface area contributed by atoms with Crippen molar-refractivity contribution in [1.82, 2.24) is 0 Å². The van der Waals surface area contributed by atoms with Crippen molar-refractivity contribution in [2.24, 2.45) is 0 Å². The molecule has 3 aromatic carbocycles. The molecule has 3 rings (SSSR count). The average Bonchev–Trinajstić information content (AvgIpc) is 2.86. The highest BCUT2D eigenvalue weighted by Gasteiger charge is 2.20. The van der Waals surface area contributed by atoms with Gasteiger partial charge in [-0.3, -0.25) is 19.7 Å². The second-order valence-corrected chi connectivity index (χ2v) is 7.39. The Balaban J connectivity index is 1.73. The molecule has 3 aromatic rings. The maximum atomic E-state index is 12.7. The topological polar surface area (TPSA) is 134 Å². The van der Waals surface area contributed by atoms with E-state index in [1.165, 1.54) is 44.6 Å². The number of nitrogens with one attached hydrogen (secondary N) is 1. The highest BCUT2D eigenvalue weighted by Crippen LogP contribution is 2.26. The Morgan fingerprint density at radius 2 is 1.66 bits per heavy atom. The summed E-state index contributed by atoms with van der Waals surface area (Å²) in [6.45, 7) is -0.571. The third kappa shape index (κ3) is 5.92. The molecular weight excluding hydrogens is 480 g/mol. The summed E-state index contributed by atoms with van der Waals surface area (Å²) in [5.41, 5.74) is 0.00572. The van der Waals surface area contributed by atoms with Crippen LogP contribution in [0, 0.1) is 10.1 Å². The molecule has 0 saturated heterocycles. The quantitative estimate of drug-likeness (QED) is 0.196. The van der Waals surface area contributed by atoms with E-state index in [-0.39, 0.29) is 38.8 Å². The van der Waals surface area contributed by atoms with Gasteiger partial charge < -0.3 is 19.5 Å². The SMILES string of the molecule is COc1ccc(C(=O)COC(=O)c2ccccc2NC(=O)c2ccc([N+](=O)[O-])cc2Cl)c(OC)c1. The summed E-state index contributed by atoms with van der Waals surface area (Å²) in [5, 5.41) is 13.3. The van der Waals surface area contributed by atoms with Gasteiger partial charge in [-0.05, 0) is 30.3 Å². The van der Waals surface area contributed by atoms with Gasteiger partial charge in [-0.25, -0.2) is 4.79 Å². The number of nitro benzene ring substituents is 1. The van der Waals surface area contributed by atoms with E-state index < -0.39 is 29.2 Å². The fourth-order valence-corrected chi connectivity index (χ4v) is 3.34. The molecule has 10 nitrogen and oxygen atoms in total. The molecule has 11 heteroatoms. The number of methoxy groups -OCH3 is 2. The van der Waals surface area contributed by atoms with E-state index in [2.05, 4.69) is 5.32 Å². The molecule has 0 spiro atoms. The molecule has 0 atom stereocenters. The van der Waals surface area contributed by atoms with Crippen LogP contribution in [0.3, 0.4) is 0 Å². The third-order valence-electron chi connectivity index (χ3n) is 4.85. The van der Waals surface area contributed by atoms with Crippen LogP contribution >= 0.6 is 11.6 Å². The Kier molecular flexibility index (Phi) is 8.00. The van der Waals surface area contributed by atoms with Gasteiger partial charge in [0, 0.05) is 18.2 Å². The Labute approximate surface area is 204 Å². The predicted molar refractivity (Wildman–Crippen MR) is 127 cm³/mol. The van der Waals surface area contributed by atoms with Gasteiger partial charge in [0.1, 0.15) is 11.5 Å². The van der Waals surface area contributed by atoms with E-state index in [1.807, 2.05) is 0 Å². The molecule has 0 heterocycles. The second-order valence-electron chi connectivity index (χ2n) is 6.99. The van der Waals surface area contributed by atoms with Gasteiger partial charge in [0.2, 0.25) is 5.78 Å². The molecule has 0 aliphatic heterocycles. The van der Waals surface area contributed by atoms with Crippen LogP contribution in [0.25, 0.3) is 0 Å². The number of nitro groups is 1. The summed E-state index contributed by atoms with van der Waals surface area (Å²) in [4.78, 5) is 48.2. The summed E-state index contributed by atoms with van der Waals surface area (Å²) >= 11 is 6.01. The lowest BCUT2D eigenvalue weighted by Gasteiger charge is -2.12. The number of rotatable bonds is 9. The standard InChI is InChI=1S/C24H19ClN2O8/c1-33-15-8-10-18(22(12-15)34-2)21(28)13-35-24(30)17-5-3-4-6-20(17)26-23(29)16-9-7-14(27(31)32)11-19(16)25/h3-12H,13H2,1-2H3,(H,26,29). The van der Waals surface area contributed by atoms with Crippen molar-refractivity contribution in [3.63, 3.8) is 0 Å². The molecule has 0 bridgehead atoms. The van der Waals surface area contributed by atoms with Crippen LogP contribution in [0.5, 0.6) is 11.5 Å². The third-order valence-corrected chi connectivity index (χ3v) is 5.16. The van der Waals surface area contributed by atoms with Gasteiger partial charge in [0.05, 0.1) is 46.5 Å². The van der Waals surface area contributed by atoms with E-state index in [9.17, 15) is 24.5 Å². The van der Waals surface area contributed by atoms with Crippen LogP contribution in [0.15, 0.2) is 60.7 Å². The van der Waals surface area contributed by atoms with Gasteiger partial charge in [0.25, 0.3) is 11.6 Å². The summed E-state index contributed by atoms with van der Waals surface area (Å²) in [6.07, 6.45) is 0. The fourth-order valence-electron chi connectivity index (χ4n) is 3.08. The van der Waals surface area contributed by atoms with Crippen LogP contribution in [-0.2, 0) is 4.74 Å². The number of amides is 1. The number of para-hydroxylation sites is 1. The summed E-state index contributed by atoms with van der Waals surface area (Å²) in [6, 6.07) is 14.0. The fraction of sp³-hybridized carbons (Fsp3) is 0.125. The Hall–Kier alpha value is -4.44. The van der Waals surface area contributed by atoms with Gasteiger partial charge in [-0.2, -0.15) is 0 Å². The average molecular weight is 499 g/mol. The van der Waals surface area contributed by atoms with Crippen molar-refractivity contribution in [1.29, 1.82) is 0 Å². The molecule has 0 aliphatic carbocycles. The normalized spacial score (nSPS) is 10.3. The van der Waals surface area contributed by atoms with Crippen LogP contribution in [-0.4, -0.2) is 43.4 Å². The highest BCUT2D eigenvalue weighted by molar-refractivity contribution is 6.34. The number of non-ortho nitro benzene ring substituents is 1. The first-order valence-corrected chi connectivity index (χ1v) is 10.4. The number of Topliss-reactive ketones (excluding diaryl/α,β-unsaturated/α-hetero) is 1. The van der Waals surface area contributed by atoms with Gasteiger partial charge in [-0.1, -0.05) is 23.7 Å². The smallest absolute Gasteiger partial charge is 0.340 e. The number of nitrogens with zero attached hydrogens (tertiary/aromatic N) is 1. The van der Waals surface area contributed by atoms with Crippen LogP contribution in [0.1, 0.15) is 31.1 Å². The van der Waals surface area contributed by atoms with Crippen molar-refractivity contribution < 1.29 is 33.5 Å². The van der Waals surface area contributed by atoms with Crippen molar-refractivity contribution in [3.05, 3.63) is 92.5 Å². The molecule has 0 fully saturated rings. The van der Waals surface area contributed by atoms with Crippen molar-refractivity contribution in [3.8, 4) is 11.5 Å². The van der Waals surface area contributed by atoms with Gasteiger partial charge in [-0.15, -0.1) is 0 Å². The summed E-state index contributed by atoms with van der Waals surface area (Å²) in [5.74, 6) is -1.29. The highest BCUT2D eigenvalue weighted by atomic mass is 35.5. The number of carbonyl (C=O) groups excluding carboxylic acids is 3. The number of hydrogen-bond donors (Lipinski definition) is 1. The minimum Gasteiger partial charge on any atom is -0.497 e. The van der Waals surface area contributed by atoms with E-state index >= 15 is 0 Å². The lowest BCUT2D eigenvalue weighted by atomic mass is 10.1. The molecule has 180 valence electrons. The number of ketones is 1. The van der Waals surface area contributed by atoms with E-state index in [1.54, 1.807) is 18.2 Å². The monoisotopic (exact) mass is 498 g/mol. The zero-order valence-corrected chi connectivity index (χ0v) is 19.3. The number of anilines is 1. The first kappa shape index (κ1) is 25.2. The number of halogens is 1. The van der Waals surface area contributed by atoms with Crippen LogP contribution in [0.2, 0.25) is 5.02 Å². The van der Waals surface area contributed by atoms with Crippen LogP contribution < -0.4 is 14.8 Å². The van der Waals surface area contributed by atoms with Gasteiger partial charge >= 0.3 is 5.97 Å². The largest absolute Gasteiger partial charge is 0.497 e. The molecule has 0 aliphatic rings. The lowest BCUT2D eigenvalue weighted by Crippen LogP contribution is -2.18. The number of ether oxygens (including phenoxy) is 3. The molecule has 0 radical (unpaired) electrons. The Morgan fingerprint density at radius 1 is 0.943 bits per heavy atom. The van der Waals surface area contributed by atoms with Gasteiger partial charge in [0.15, 0.2) is 6.61 Å². The number of benzene rings is 3. The maximum Gasteiger partial charge on any atom is 0.340 e. The van der Waals surface area contributed by atoms with Crippen molar-refractivity contribution >= 4 is 40.6 Å². The second kappa shape index (κ2) is 11.1. The zero-order valence-electron chi connectivity index (χ0n) is 18.6. The minimum absolute atomic E-state index is 0.00613. The first-order valence-electron chi connectivity index (χ1n) is 10.0. The van der Waals surface area contributed by atoms with Crippen molar-refractivity contribution in [2.75, 3.05) is 26.1 Å². The zero-order chi connectivity index (χ0) is 25.5. The minimum atomic E-state index is -0.850. The molecule has 0 saturated carbocycles. The summed E-state index contributed by atoms with van der Waals surface area (Å²) < 4.78 is 15.5. The number of esters is 1. The number of carbonyl (C=O) groups is 3. The Bertz CT molecular complexity index is 1310. The predicted octanol–water partition coefficient (Wildman–Crippen LogP) is 4.56. The first-order chi connectivity index (χ1) is 16.7. The van der Waals surface area contributed by atoms with E-state index in [0.717, 1.165) is 12.1 Å². The number of hydrogen-bond acceptors (Lipinski definition) is 8. The van der Waals surface area contributed by atoms with Crippen LogP contribution in [0.4, 0.5) is 11.4 Å². The summed E-state index contributed by atoms with van der Waals surface area (Å²) in [7, 11) is 2.87. The van der Waals surface area contributed by atoms with E-state index in [0.29, 0.717) is 5.75 Å². The Morgan fingerprint density at radius 3 is 2.31 bits per heavy atom. The van der Waals surface area contributed by atoms with Crippen molar-refractivity contribution in [2.45, 2.75) is 0 Å². The molecule has 0 unspecified atom stereocenters.